The van der Waals surface area contributed by atoms with Gasteiger partial charge in [-0.25, -0.2) is 4.79 Å². The highest BCUT2D eigenvalue weighted by atomic mass is 16.5. The normalized spacial score (nSPS) is 21.8. The first-order valence-electron chi connectivity index (χ1n) is 7.31. The minimum Gasteiger partial charge on any atom is -0.466 e. The molecule has 0 bridgehead atoms. The number of methoxy groups -OCH3 is 1. The van der Waals surface area contributed by atoms with Crippen molar-refractivity contribution in [2.24, 2.45) is 11.8 Å². The number of ether oxygens (including phenoxy) is 1. The first-order valence-corrected chi connectivity index (χ1v) is 7.31. The van der Waals surface area contributed by atoms with E-state index < -0.39 is 5.97 Å². The van der Waals surface area contributed by atoms with Crippen molar-refractivity contribution in [3.05, 3.63) is 12.2 Å². The van der Waals surface area contributed by atoms with E-state index in [9.17, 15) is 14.4 Å². The molecule has 0 aromatic rings. The number of carbonyl (C=O) groups excluding carboxylic acids is 3. The number of rotatable bonds is 6. The fourth-order valence-electron chi connectivity index (χ4n) is 2.29. The van der Waals surface area contributed by atoms with E-state index in [1.165, 1.54) is 19.3 Å². The van der Waals surface area contributed by atoms with Crippen LogP contribution in [0.25, 0.3) is 0 Å². The summed E-state index contributed by atoms with van der Waals surface area (Å²) in [6.45, 7) is 2.39. The summed E-state index contributed by atoms with van der Waals surface area (Å²) in [6, 6.07) is 0. The van der Waals surface area contributed by atoms with Gasteiger partial charge in [0.05, 0.1) is 13.7 Å². The summed E-state index contributed by atoms with van der Waals surface area (Å²) in [5, 5.41) is 5.24. The second-order valence-corrected chi connectivity index (χ2v) is 5.40. The minimum atomic E-state index is -0.468. The number of hydrogen-bond acceptors (Lipinski definition) is 4. The van der Waals surface area contributed by atoms with Crippen molar-refractivity contribution in [2.75, 3.05) is 20.2 Å². The quantitative estimate of drug-likeness (QED) is 0.560. The summed E-state index contributed by atoms with van der Waals surface area (Å²) in [4.78, 5) is 34.2. The highest BCUT2D eigenvalue weighted by Crippen LogP contribution is 2.28. The minimum absolute atomic E-state index is 0.0308. The zero-order chi connectivity index (χ0) is 15.7. The number of amides is 2. The molecule has 118 valence electrons. The Morgan fingerprint density at radius 3 is 2.43 bits per heavy atom. The highest BCUT2D eigenvalue weighted by molar-refractivity contribution is 5.86. The molecule has 0 radical (unpaired) electrons. The van der Waals surface area contributed by atoms with Gasteiger partial charge in [-0.3, -0.25) is 9.59 Å². The summed E-state index contributed by atoms with van der Waals surface area (Å²) < 4.78 is 4.42. The molecule has 0 aromatic heterocycles. The van der Waals surface area contributed by atoms with E-state index in [2.05, 4.69) is 22.3 Å². The molecule has 1 fully saturated rings. The Bertz CT molecular complexity index is 398. The van der Waals surface area contributed by atoms with E-state index in [4.69, 9.17) is 0 Å². The zero-order valence-electron chi connectivity index (χ0n) is 12.7. The first-order chi connectivity index (χ1) is 10.0. The lowest BCUT2D eigenvalue weighted by Crippen LogP contribution is -2.40. The van der Waals surface area contributed by atoms with Crippen molar-refractivity contribution in [1.29, 1.82) is 0 Å². The van der Waals surface area contributed by atoms with E-state index in [0.29, 0.717) is 5.92 Å². The summed E-state index contributed by atoms with van der Waals surface area (Å²) >= 11 is 0. The van der Waals surface area contributed by atoms with Gasteiger partial charge in [0.15, 0.2) is 0 Å². The molecule has 6 nitrogen and oxygen atoms in total. The maximum Gasteiger partial charge on any atom is 0.330 e. The molecule has 0 unspecified atom stereocenters. The molecule has 0 spiro atoms. The molecule has 0 aliphatic heterocycles. The Labute approximate surface area is 125 Å². The fraction of sp³-hybridized carbons (Fsp3) is 0.667. The van der Waals surface area contributed by atoms with Crippen molar-refractivity contribution in [3.63, 3.8) is 0 Å². The van der Waals surface area contributed by atoms with Gasteiger partial charge in [-0.2, -0.15) is 0 Å². The zero-order valence-corrected chi connectivity index (χ0v) is 12.7. The third-order valence-corrected chi connectivity index (χ3v) is 3.68. The van der Waals surface area contributed by atoms with Crippen LogP contribution in [0.5, 0.6) is 0 Å². The van der Waals surface area contributed by atoms with Crippen LogP contribution in [-0.4, -0.2) is 38.0 Å². The molecule has 0 atom stereocenters. The van der Waals surface area contributed by atoms with Crippen molar-refractivity contribution in [3.8, 4) is 0 Å². The van der Waals surface area contributed by atoms with E-state index >= 15 is 0 Å². The molecule has 0 heterocycles. The molecule has 6 heteroatoms. The van der Waals surface area contributed by atoms with Gasteiger partial charge in [0.25, 0.3) is 0 Å². The number of esters is 1. The fourth-order valence-corrected chi connectivity index (χ4v) is 2.29. The van der Waals surface area contributed by atoms with E-state index in [1.54, 1.807) is 0 Å². The van der Waals surface area contributed by atoms with E-state index in [-0.39, 0.29) is 30.8 Å². The molecule has 1 aliphatic carbocycles. The van der Waals surface area contributed by atoms with Gasteiger partial charge in [0, 0.05) is 18.5 Å². The summed E-state index contributed by atoms with van der Waals surface area (Å²) in [5.74, 6) is -0.0551. The van der Waals surface area contributed by atoms with Gasteiger partial charge in [-0.05, 0) is 31.6 Å². The summed E-state index contributed by atoms with van der Waals surface area (Å²) in [6.07, 6.45) is 6.67. The van der Waals surface area contributed by atoms with Crippen LogP contribution in [0.4, 0.5) is 0 Å². The second kappa shape index (κ2) is 9.15. The maximum absolute atomic E-state index is 11.9. The number of carbonyl (C=O) groups is 3. The Balaban J connectivity index is 2.16. The van der Waals surface area contributed by atoms with Crippen molar-refractivity contribution in [1.82, 2.24) is 10.6 Å². The molecule has 21 heavy (non-hydrogen) atoms. The summed E-state index contributed by atoms with van der Waals surface area (Å²) in [7, 11) is 1.28. The number of nitrogens with one attached hydrogen (secondary N) is 2. The molecule has 1 aliphatic rings. The third kappa shape index (κ3) is 6.92. The average Bonchev–Trinajstić information content (AvgIpc) is 2.49. The molecule has 0 saturated heterocycles. The van der Waals surface area contributed by atoms with Crippen LogP contribution in [0.3, 0.4) is 0 Å². The predicted molar refractivity (Wildman–Crippen MR) is 78.3 cm³/mol. The molecule has 1 rings (SSSR count). The van der Waals surface area contributed by atoms with Crippen LogP contribution in [0.15, 0.2) is 12.2 Å². The first kappa shape index (κ1) is 17.2. The van der Waals surface area contributed by atoms with Gasteiger partial charge >= 0.3 is 5.97 Å². The maximum atomic E-state index is 11.9. The van der Waals surface area contributed by atoms with Crippen LogP contribution in [0.1, 0.15) is 32.6 Å². The van der Waals surface area contributed by atoms with Crippen LogP contribution >= 0.6 is 0 Å². The SMILES string of the molecule is COC(=O)/C=C/CNC(=O)CNC(=O)C1CCC(C)CC1. The third-order valence-electron chi connectivity index (χ3n) is 3.68. The Morgan fingerprint density at radius 1 is 1.14 bits per heavy atom. The Morgan fingerprint density at radius 2 is 1.81 bits per heavy atom. The van der Waals surface area contributed by atoms with Gasteiger partial charge in [-0.15, -0.1) is 0 Å². The smallest absolute Gasteiger partial charge is 0.330 e. The standard InChI is InChI=1S/C15H24N2O4/c1-11-5-7-12(8-6-11)15(20)17-10-13(18)16-9-3-4-14(19)21-2/h3-4,11-12H,5-10H2,1-2H3,(H,16,18)(H,17,20)/b4-3+. The lowest BCUT2D eigenvalue weighted by Gasteiger charge is -2.25. The second-order valence-electron chi connectivity index (χ2n) is 5.40. The molecule has 2 amide bonds. The van der Waals surface area contributed by atoms with E-state index in [0.717, 1.165) is 25.7 Å². The van der Waals surface area contributed by atoms with Gasteiger partial charge in [0.2, 0.25) is 11.8 Å². The summed E-state index contributed by atoms with van der Waals surface area (Å²) in [5.41, 5.74) is 0. The van der Waals surface area contributed by atoms with Gasteiger partial charge in [0.1, 0.15) is 0 Å². The van der Waals surface area contributed by atoms with Crippen LogP contribution < -0.4 is 10.6 Å². The van der Waals surface area contributed by atoms with Crippen LogP contribution in [0.2, 0.25) is 0 Å². The van der Waals surface area contributed by atoms with Crippen molar-refractivity contribution >= 4 is 17.8 Å². The van der Waals surface area contributed by atoms with Crippen LogP contribution in [0, 0.1) is 11.8 Å². The highest BCUT2D eigenvalue weighted by Gasteiger charge is 2.24. The molecule has 2 N–H and O–H groups in total. The Kier molecular flexibility index (Phi) is 7.50. The van der Waals surface area contributed by atoms with Gasteiger partial charge < -0.3 is 15.4 Å². The van der Waals surface area contributed by atoms with Crippen molar-refractivity contribution in [2.45, 2.75) is 32.6 Å². The lowest BCUT2D eigenvalue weighted by atomic mass is 9.82. The Hall–Kier alpha value is -1.85. The molecular formula is C15H24N2O4. The largest absolute Gasteiger partial charge is 0.466 e. The topological polar surface area (TPSA) is 84.5 Å². The predicted octanol–water partition coefficient (Wildman–Crippen LogP) is 0.774. The van der Waals surface area contributed by atoms with Crippen molar-refractivity contribution < 1.29 is 19.1 Å². The molecule has 0 aromatic carbocycles. The van der Waals surface area contributed by atoms with Gasteiger partial charge in [-0.1, -0.05) is 13.0 Å². The monoisotopic (exact) mass is 296 g/mol. The van der Waals surface area contributed by atoms with E-state index in [1.807, 2.05) is 0 Å². The van der Waals surface area contributed by atoms with Crippen LogP contribution in [-0.2, 0) is 19.1 Å². The molecular weight excluding hydrogens is 272 g/mol. The number of hydrogen-bond donors (Lipinski definition) is 2. The lowest BCUT2D eigenvalue weighted by molar-refractivity contribution is -0.134. The molecule has 1 saturated carbocycles. The average molecular weight is 296 g/mol.